The molecule has 0 saturated carbocycles. The predicted octanol–water partition coefficient (Wildman–Crippen LogP) is 3.69. The number of fused-ring (bicyclic) bond motifs is 1. The highest BCUT2D eigenvalue weighted by Crippen LogP contribution is 2.34. The van der Waals surface area contributed by atoms with E-state index in [0.717, 1.165) is 23.3 Å². The highest BCUT2D eigenvalue weighted by atomic mass is 16.6. The first-order chi connectivity index (χ1) is 10.6. The first kappa shape index (κ1) is 14.4. The van der Waals surface area contributed by atoms with Gasteiger partial charge in [-0.15, -0.1) is 0 Å². The second-order valence-electron chi connectivity index (χ2n) is 5.37. The summed E-state index contributed by atoms with van der Waals surface area (Å²) >= 11 is 0. The van der Waals surface area contributed by atoms with E-state index in [9.17, 15) is 4.79 Å². The Morgan fingerprint density at radius 2 is 1.91 bits per heavy atom. The molecule has 0 spiro atoms. The molecule has 1 aliphatic heterocycles. The van der Waals surface area contributed by atoms with Crippen molar-refractivity contribution in [3.63, 3.8) is 0 Å². The summed E-state index contributed by atoms with van der Waals surface area (Å²) in [5.74, 6) is -0.280. The molecule has 1 atom stereocenters. The zero-order valence-electron chi connectivity index (χ0n) is 13.1. The fourth-order valence-corrected chi connectivity index (χ4v) is 3.00. The Morgan fingerprint density at radius 3 is 2.64 bits per heavy atom. The van der Waals surface area contributed by atoms with Gasteiger partial charge in [0.05, 0.1) is 5.69 Å². The molecular weight excluding hydrogens is 276 g/mol. The minimum absolute atomic E-state index is 0.280. The largest absolute Gasteiger partial charge is 0.436 e. The molecule has 0 aromatic heterocycles. The van der Waals surface area contributed by atoms with Crippen molar-refractivity contribution < 1.29 is 9.53 Å². The predicted molar refractivity (Wildman–Crippen MR) is 88.1 cm³/mol. The van der Waals surface area contributed by atoms with E-state index >= 15 is 0 Å². The molecule has 0 fully saturated rings. The van der Waals surface area contributed by atoms with Crippen molar-refractivity contribution >= 4 is 22.4 Å². The summed E-state index contributed by atoms with van der Waals surface area (Å²) in [6, 6.07) is 14.4. The molecule has 3 rings (SSSR count). The number of carbonyl (C=O) groups excluding carboxylic acids is 1. The van der Waals surface area contributed by atoms with E-state index in [0.29, 0.717) is 0 Å². The van der Waals surface area contributed by atoms with Crippen molar-refractivity contribution in [3.05, 3.63) is 54.2 Å². The van der Waals surface area contributed by atoms with Crippen molar-refractivity contribution in [1.82, 2.24) is 5.01 Å². The molecule has 0 radical (unpaired) electrons. The van der Waals surface area contributed by atoms with Gasteiger partial charge in [-0.1, -0.05) is 36.4 Å². The Bertz CT molecular complexity index is 733. The van der Waals surface area contributed by atoms with E-state index < -0.39 is 6.23 Å². The molecule has 0 bridgehead atoms. The lowest BCUT2D eigenvalue weighted by Gasteiger charge is -2.36. The average Bonchev–Trinajstić information content (AvgIpc) is 2.81. The van der Waals surface area contributed by atoms with Crippen molar-refractivity contribution in [3.8, 4) is 0 Å². The van der Waals surface area contributed by atoms with E-state index in [4.69, 9.17) is 4.74 Å². The molecule has 1 aliphatic rings. The second-order valence-corrected chi connectivity index (χ2v) is 5.37. The molecule has 0 saturated heterocycles. The maximum absolute atomic E-state index is 11.4. The molecular formula is C18H20N2O2. The summed E-state index contributed by atoms with van der Waals surface area (Å²) in [4.78, 5) is 11.4. The number of benzene rings is 2. The SMILES string of the molecule is CCN1C(C)=CC(OC(C)=O)N1c1cccc2ccccc12. The van der Waals surface area contributed by atoms with Gasteiger partial charge in [-0.2, -0.15) is 0 Å². The van der Waals surface area contributed by atoms with Gasteiger partial charge in [-0.25, -0.2) is 5.01 Å². The number of ether oxygens (including phenoxy) is 1. The molecule has 0 aliphatic carbocycles. The minimum atomic E-state index is -0.400. The van der Waals surface area contributed by atoms with Gasteiger partial charge in [0.15, 0.2) is 0 Å². The van der Waals surface area contributed by atoms with Gasteiger partial charge in [0, 0.05) is 24.6 Å². The van der Waals surface area contributed by atoms with Crippen LogP contribution in [-0.2, 0) is 9.53 Å². The molecule has 0 N–H and O–H groups in total. The second kappa shape index (κ2) is 5.72. The van der Waals surface area contributed by atoms with Crippen LogP contribution < -0.4 is 5.01 Å². The number of allylic oxidation sites excluding steroid dienone is 1. The monoisotopic (exact) mass is 296 g/mol. The summed E-state index contributed by atoms with van der Waals surface area (Å²) in [7, 11) is 0. The third-order valence-corrected chi connectivity index (χ3v) is 3.89. The number of hydrogen-bond acceptors (Lipinski definition) is 4. The smallest absolute Gasteiger partial charge is 0.304 e. The highest BCUT2D eigenvalue weighted by Gasteiger charge is 2.32. The fraction of sp³-hybridized carbons (Fsp3) is 0.278. The van der Waals surface area contributed by atoms with Crippen LogP contribution in [-0.4, -0.2) is 23.8 Å². The molecule has 2 aromatic rings. The molecule has 114 valence electrons. The lowest BCUT2D eigenvalue weighted by atomic mass is 10.1. The standard InChI is InChI=1S/C18H20N2O2/c1-4-19-13(2)12-18(22-14(3)21)20(19)17-11-7-9-15-8-5-6-10-16(15)17/h5-12,18H,4H2,1-3H3. The number of carbonyl (C=O) groups is 1. The number of nitrogens with zero attached hydrogens (tertiary/aromatic N) is 2. The molecule has 4 heteroatoms. The van der Waals surface area contributed by atoms with Gasteiger partial charge in [0.2, 0.25) is 6.23 Å². The van der Waals surface area contributed by atoms with Crippen LogP contribution in [0.5, 0.6) is 0 Å². The third-order valence-electron chi connectivity index (χ3n) is 3.89. The number of anilines is 1. The van der Waals surface area contributed by atoms with E-state index in [1.165, 1.54) is 12.3 Å². The first-order valence-corrected chi connectivity index (χ1v) is 7.52. The molecule has 0 amide bonds. The summed E-state index contributed by atoms with van der Waals surface area (Å²) in [5.41, 5.74) is 2.13. The molecule has 4 nitrogen and oxygen atoms in total. The van der Waals surface area contributed by atoms with Gasteiger partial charge in [-0.05, 0) is 31.4 Å². The lowest BCUT2D eigenvalue weighted by molar-refractivity contribution is -0.144. The summed E-state index contributed by atoms with van der Waals surface area (Å²) in [6.45, 7) is 6.37. The normalized spacial score (nSPS) is 17.8. The van der Waals surface area contributed by atoms with Crippen molar-refractivity contribution in [1.29, 1.82) is 0 Å². The molecule has 1 heterocycles. The third kappa shape index (κ3) is 2.41. The Morgan fingerprint density at radius 1 is 1.18 bits per heavy atom. The minimum Gasteiger partial charge on any atom is -0.436 e. The van der Waals surface area contributed by atoms with Crippen LogP contribution in [0.25, 0.3) is 10.8 Å². The lowest BCUT2D eigenvalue weighted by Crippen LogP contribution is -2.44. The maximum Gasteiger partial charge on any atom is 0.304 e. The van der Waals surface area contributed by atoms with Gasteiger partial charge in [0.1, 0.15) is 0 Å². The number of hydrazine groups is 1. The number of hydrogen-bond donors (Lipinski definition) is 0. The Labute approximate surface area is 130 Å². The van der Waals surface area contributed by atoms with E-state index in [2.05, 4.69) is 41.2 Å². The van der Waals surface area contributed by atoms with Gasteiger partial charge >= 0.3 is 5.97 Å². The number of esters is 1. The van der Waals surface area contributed by atoms with E-state index in [1.54, 1.807) is 0 Å². The van der Waals surface area contributed by atoms with Crippen LogP contribution >= 0.6 is 0 Å². The molecule has 22 heavy (non-hydrogen) atoms. The maximum atomic E-state index is 11.4. The van der Waals surface area contributed by atoms with Crippen LogP contribution in [0, 0.1) is 0 Å². The summed E-state index contributed by atoms with van der Waals surface area (Å²) in [6.07, 6.45) is 1.58. The zero-order chi connectivity index (χ0) is 15.7. The zero-order valence-corrected chi connectivity index (χ0v) is 13.1. The van der Waals surface area contributed by atoms with Crippen molar-refractivity contribution in [2.24, 2.45) is 0 Å². The van der Waals surface area contributed by atoms with Crippen LogP contribution in [0.2, 0.25) is 0 Å². The van der Waals surface area contributed by atoms with Gasteiger partial charge in [0.25, 0.3) is 0 Å². The Hall–Kier alpha value is -2.49. The van der Waals surface area contributed by atoms with Gasteiger partial charge in [-0.3, -0.25) is 9.80 Å². The fourth-order valence-electron chi connectivity index (χ4n) is 3.00. The Kier molecular flexibility index (Phi) is 3.75. The summed E-state index contributed by atoms with van der Waals surface area (Å²) < 4.78 is 5.50. The summed E-state index contributed by atoms with van der Waals surface area (Å²) in [5, 5.41) is 6.50. The number of rotatable bonds is 3. The van der Waals surface area contributed by atoms with Gasteiger partial charge < -0.3 is 4.74 Å². The van der Waals surface area contributed by atoms with E-state index in [-0.39, 0.29) is 5.97 Å². The molecule has 1 unspecified atom stereocenters. The van der Waals surface area contributed by atoms with Crippen molar-refractivity contribution in [2.45, 2.75) is 27.0 Å². The van der Waals surface area contributed by atoms with Crippen LogP contribution in [0.15, 0.2) is 54.2 Å². The van der Waals surface area contributed by atoms with Crippen LogP contribution in [0.4, 0.5) is 5.69 Å². The van der Waals surface area contributed by atoms with E-state index in [1.807, 2.05) is 31.2 Å². The van der Waals surface area contributed by atoms with Crippen LogP contribution in [0.1, 0.15) is 20.8 Å². The quantitative estimate of drug-likeness (QED) is 0.809. The van der Waals surface area contributed by atoms with Crippen molar-refractivity contribution in [2.75, 3.05) is 11.6 Å². The first-order valence-electron chi connectivity index (χ1n) is 7.52. The average molecular weight is 296 g/mol. The molecule has 2 aromatic carbocycles. The topological polar surface area (TPSA) is 32.8 Å². The Balaban J connectivity index is 2.11. The highest BCUT2D eigenvalue weighted by molar-refractivity contribution is 5.94. The van der Waals surface area contributed by atoms with Crippen LogP contribution in [0.3, 0.4) is 0 Å².